The van der Waals surface area contributed by atoms with Crippen LogP contribution in [0.2, 0.25) is 10.0 Å². The normalized spacial score (nSPS) is 22.5. The van der Waals surface area contributed by atoms with E-state index in [-0.39, 0.29) is 24.3 Å². The van der Waals surface area contributed by atoms with E-state index in [1.54, 1.807) is 23.1 Å². The molecular formula is C20H25Cl2N3O2S. The molecule has 0 radical (unpaired) electrons. The van der Waals surface area contributed by atoms with Gasteiger partial charge in [-0.15, -0.1) is 0 Å². The van der Waals surface area contributed by atoms with Crippen LogP contribution in [0.15, 0.2) is 23.2 Å². The summed E-state index contributed by atoms with van der Waals surface area (Å²) >= 11 is 13.5. The first-order valence-corrected chi connectivity index (χ1v) is 11.4. The summed E-state index contributed by atoms with van der Waals surface area (Å²) in [7, 11) is 0. The Labute approximate surface area is 180 Å². The molecule has 1 heterocycles. The molecule has 5 nitrogen and oxygen atoms in total. The van der Waals surface area contributed by atoms with Crippen molar-refractivity contribution in [3.05, 3.63) is 28.2 Å². The lowest BCUT2D eigenvalue weighted by Gasteiger charge is -2.16. The summed E-state index contributed by atoms with van der Waals surface area (Å²) in [5.41, 5.74) is 0.453. The molecule has 1 aliphatic carbocycles. The molecule has 1 N–H and O–H groups in total. The largest absolute Gasteiger partial charge is 0.325 e. The van der Waals surface area contributed by atoms with Gasteiger partial charge in [-0.1, -0.05) is 66.7 Å². The molecule has 2 aliphatic rings. The second-order valence-corrected chi connectivity index (χ2v) is 9.05. The zero-order valence-electron chi connectivity index (χ0n) is 15.9. The van der Waals surface area contributed by atoms with Crippen LogP contribution < -0.4 is 5.32 Å². The van der Waals surface area contributed by atoms with E-state index < -0.39 is 5.25 Å². The van der Waals surface area contributed by atoms with Crippen molar-refractivity contribution in [2.45, 2.75) is 63.2 Å². The van der Waals surface area contributed by atoms with Gasteiger partial charge < -0.3 is 5.32 Å². The predicted octanol–water partition coefficient (Wildman–Crippen LogP) is 5.36. The fourth-order valence-corrected chi connectivity index (χ4v) is 5.16. The van der Waals surface area contributed by atoms with Crippen LogP contribution in [0.5, 0.6) is 0 Å². The lowest BCUT2D eigenvalue weighted by molar-refractivity contribution is -0.128. The number of halogens is 2. The SMILES string of the molecule is CCN1C(=O)[C@@H](CC(=O)Nc2cccc(Cl)c2Cl)SC1=NC1CCCCCC1. The van der Waals surface area contributed by atoms with Crippen LogP contribution in [0.3, 0.4) is 0 Å². The minimum atomic E-state index is -0.456. The average Bonchev–Trinajstić information content (AvgIpc) is 2.83. The average molecular weight is 442 g/mol. The number of carbonyl (C=O) groups excluding carboxylic acids is 2. The molecule has 1 aliphatic heterocycles. The van der Waals surface area contributed by atoms with Crippen molar-refractivity contribution < 1.29 is 9.59 Å². The zero-order chi connectivity index (χ0) is 20.1. The number of carbonyl (C=O) groups is 2. The van der Waals surface area contributed by atoms with Crippen molar-refractivity contribution in [2.24, 2.45) is 4.99 Å². The van der Waals surface area contributed by atoms with E-state index in [1.165, 1.54) is 37.4 Å². The van der Waals surface area contributed by atoms with E-state index in [4.69, 9.17) is 28.2 Å². The summed E-state index contributed by atoms with van der Waals surface area (Å²) in [5, 5.41) is 3.74. The molecule has 3 rings (SSSR count). The molecule has 28 heavy (non-hydrogen) atoms. The number of nitrogens with one attached hydrogen (secondary N) is 1. The minimum absolute atomic E-state index is 0.0489. The van der Waals surface area contributed by atoms with Crippen LogP contribution in [0.4, 0.5) is 5.69 Å². The smallest absolute Gasteiger partial charge is 0.242 e. The van der Waals surface area contributed by atoms with Gasteiger partial charge in [0.1, 0.15) is 5.25 Å². The molecule has 1 aromatic carbocycles. The third kappa shape index (κ3) is 5.22. The van der Waals surface area contributed by atoms with E-state index in [0.717, 1.165) is 18.0 Å². The molecule has 0 bridgehead atoms. The maximum atomic E-state index is 12.8. The number of thioether (sulfide) groups is 1. The van der Waals surface area contributed by atoms with Gasteiger partial charge in [0, 0.05) is 13.0 Å². The van der Waals surface area contributed by atoms with E-state index >= 15 is 0 Å². The Balaban J connectivity index is 1.66. The summed E-state index contributed by atoms with van der Waals surface area (Å²) < 4.78 is 0. The fourth-order valence-electron chi connectivity index (χ4n) is 3.54. The molecule has 0 aromatic heterocycles. The second kappa shape index (κ2) is 9.99. The fraction of sp³-hybridized carbons (Fsp3) is 0.550. The highest BCUT2D eigenvalue weighted by atomic mass is 35.5. The first-order chi connectivity index (χ1) is 13.5. The number of rotatable bonds is 5. The van der Waals surface area contributed by atoms with Crippen LogP contribution in [0.25, 0.3) is 0 Å². The van der Waals surface area contributed by atoms with Crippen LogP contribution in [-0.2, 0) is 9.59 Å². The first-order valence-electron chi connectivity index (χ1n) is 9.79. The first kappa shape index (κ1) is 21.5. The van der Waals surface area contributed by atoms with Gasteiger partial charge in [-0.2, -0.15) is 0 Å². The summed E-state index contributed by atoms with van der Waals surface area (Å²) in [4.78, 5) is 31.8. The molecule has 0 unspecified atom stereocenters. The zero-order valence-corrected chi connectivity index (χ0v) is 18.2. The van der Waals surface area contributed by atoms with Gasteiger partial charge in [0.25, 0.3) is 0 Å². The highest BCUT2D eigenvalue weighted by Crippen LogP contribution is 2.33. The standard InChI is InChI=1S/C20H25Cl2N3O2S/c1-2-25-19(27)16(28-20(25)23-13-8-5-3-4-6-9-13)12-17(26)24-15-11-7-10-14(21)18(15)22/h7,10-11,13,16H,2-6,8-9,12H2,1H3,(H,24,26)/t16-/m1/s1. The van der Waals surface area contributed by atoms with Gasteiger partial charge in [0.05, 0.1) is 21.8 Å². The van der Waals surface area contributed by atoms with Crippen molar-refractivity contribution >= 4 is 57.6 Å². The number of hydrogen-bond acceptors (Lipinski definition) is 4. The lowest BCUT2D eigenvalue weighted by atomic mass is 10.1. The molecule has 2 fully saturated rings. The highest BCUT2D eigenvalue weighted by molar-refractivity contribution is 8.15. The molecule has 1 atom stereocenters. The Morgan fingerprint density at radius 1 is 1.25 bits per heavy atom. The van der Waals surface area contributed by atoms with Gasteiger partial charge in [-0.05, 0) is 31.9 Å². The third-order valence-corrected chi connectivity index (χ3v) is 7.06. The maximum Gasteiger partial charge on any atom is 0.242 e. The van der Waals surface area contributed by atoms with Crippen molar-refractivity contribution in [3.63, 3.8) is 0 Å². The van der Waals surface area contributed by atoms with Crippen molar-refractivity contribution in [1.82, 2.24) is 4.90 Å². The molecule has 152 valence electrons. The van der Waals surface area contributed by atoms with Crippen molar-refractivity contribution in [3.8, 4) is 0 Å². The van der Waals surface area contributed by atoms with Gasteiger partial charge >= 0.3 is 0 Å². The number of hydrogen-bond donors (Lipinski definition) is 1. The summed E-state index contributed by atoms with van der Waals surface area (Å²) in [6, 6.07) is 5.35. The summed E-state index contributed by atoms with van der Waals surface area (Å²) in [5.74, 6) is -0.311. The number of aliphatic imine (C=N–C) groups is 1. The molecule has 1 saturated heterocycles. The highest BCUT2D eigenvalue weighted by Gasteiger charge is 2.38. The molecule has 0 spiro atoms. The third-order valence-electron chi connectivity index (χ3n) is 5.05. The summed E-state index contributed by atoms with van der Waals surface area (Å²) in [6.07, 6.45) is 7.14. The lowest BCUT2D eigenvalue weighted by Crippen LogP contribution is -2.33. The van der Waals surface area contributed by atoms with Gasteiger partial charge in [-0.25, -0.2) is 0 Å². The second-order valence-electron chi connectivity index (χ2n) is 7.10. The van der Waals surface area contributed by atoms with Gasteiger partial charge in [0.2, 0.25) is 11.8 Å². The summed E-state index contributed by atoms with van der Waals surface area (Å²) in [6.45, 7) is 2.50. The van der Waals surface area contributed by atoms with Crippen LogP contribution >= 0.6 is 35.0 Å². The Hall–Kier alpha value is -1.24. The van der Waals surface area contributed by atoms with E-state index in [1.807, 2.05) is 6.92 Å². The topological polar surface area (TPSA) is 61.8 Å². The van der Waals surface area contributed by atoms with Crippen LogP contribution in [0, 0.1) is 0 Å². The van der Waals surface area contributed by atoms with Crippen molar-refractivity contribution in [1.29, 1.82) is 0 Å². The van der Waals surface area contributed by atoms with E-state index in [9.17, 15) is 9.59 Å². The quantitative estimate of drug-likeness (QED) is 0.624. The molecule has 1 aromatic rings. The van der Waals surface area contributed by atoms with Crippen LogP contribution in [-0.4, -0.2) is 39.7 Å². The van der Waals surface area contributed by atoms with E-state index in [0.29, 0.717) is 22.3 Å². The van der Waals surface area contributed by atoms with Gasteiger partial charge in [0.15, 0.2) is 5.17 Å². The number of nitrogens with zero attached hydrogens (tertiary/aromatic N) is 2. The Kier molecular flexibility index (Phi) is 7.66. The van der Waals surface area contributed by atoms with Crippen molar-refractivity contribution in [2.75, 3.05) is 11.9 Å². The Morgan fingerprint density at radius 2 is 1.96 bits per heavy atom. The Bertz CT molecular complexity index is 764. The Morgan fingerprint density at radius 3 is 2.64 bits per heavy atom. The number of amidine groups is 1. The number of benzene rings is 1. The van der Waals surface area contributed by atoms with Gasteiger partial charge in [-0.3, -0.25) is 19.5 Å². The minimum Gasteiger partial charge on any atom is -0.325 e. The van der Waals surface area contributed by atoms with E-state index in [2.05, 4.69) is 5.32 Å². The molecular weight excluding hydrogens is 417 g/mol. The molecule has 1 saturated carbocycles. The number of anilines is 1. The predicted molar refractivity (Wildman–Crippen MR) is 117 cm³/mol. The monoisotopic (exact) mass is 441 g/mol. The van der Waals surface area contributed by atoms with Crippen LogP contribution in [0.1, 0.15) is 51.9 Å². The molecule has 2 amide bonds. The number of amides is 2. The molecule has 8 heteroatoms. The maximum absolute atomic E-state index is 12.8.